The molecule has 0 amide bonds. The summed E-state index contributed by atoms with van der Waals surface area (Å²) in [6.45, 7) is 5.53. The van der Waals surface area contributed by atoms with E-state index in [1.165, 1.54) is 12.1 Å². The van der Waals surface area contributed by atoms with E-state index in [0.717, 1.165) is 25.7 Å². The van der Waals surface area contributed by atoms with Crippen LogP contribution in [0.5, 0.6) is 0 Å². The van der Waals surface area contributed by atoms with Gasteiger partial charge in [0.25, 0.3) is 0 Å². The highest BCUT2D eigenvalue weighted by molar-refractivity contribution is 5.21. The van der Waals surface area contributed by atoms with Gasteiger partial charge in [0.05, 0.1) is 6.61 Å². The fourth-order valence-electron chi connectivity index (χ4n) is 2.37. The molecule has 0 aliphatic carbocycles. The maximum atomic E-state index is 13.2. The van der Waals surface area contributed by atoms with Crippen molar-refractivity contribution in [3.8, 4) is 0 Å². The Hall–Kier alpha value is -1.00. The Morgan fingerprint density at radius 3 is 2.56 bits per heavy atom. The van der Waals surface area contributed by atoms with E-state index in [9.17, 15) is 8.78 Å². The van der Waals surface area contributed by atoms with Crippen molar-refractivity contribution in [2.75, 3.05) is 13.2 Å². The van der Waals surface area contributed by atoms with Crippen molar-refractivity contribution in [2.45, 2.75) is 32.4 Å². The summed E-state index contributed by atoms with van der Waals surface area (Å²) in [5.74, 6) is -0.642. The second-order valence-electron chi connectivity index (χ2n) is 5.04. The second-order valence-corrected chi connectivity index (χ2v) is 5.04. The molecular formula is C14H19F2NO. The molecular weight excluding hydrogens is 236 g/mol. The number of hydrogen-bond donors (Lipinski definition) is 1. The Bertz CT molecular complexity index is 391. The summed E-state index contributed by atoms with van der Waals surface area (Å²) in [5, 5.41) is 3.43. The summed E-state index contributed by atoms with van der Waals surface area (Å²) in [7, 11) is 0. The highest BCUT2D eigenvalue weighted by Gasteiger charge is 2.23. The normalized spacial score (nSPS) is 26.0. The third-order valence-corrected chi connectivity index (χ3v) is 3.49. The fraction of sp³-hybridized carbons (Fsp3) is 0.571. The van der Waals surface area contributed by atoms with Gasteiger partial charge in [-0.25, -0.2) is 8.78 Å². The second kappa shape index (κ2) is 5.76. The van der Waals surface area contributed by atoms with Crippen LogP contribution >= 0.6 is 0 Å². The van der Waals surface area contributed by atoms with Crippen molar-refractivity contribution < 1.29 is 13.5 Å². The molecule has 2 nitrogen and oxygen atoms in total. The quantitative estimate of drug-likeness (QED) is 0.896. The highest BCUT2D eigenvalue weighted by atomic mass is 19.1. The lowest BCUT2D eigenvalue weighted by atomic mass is 9.96. The van der Waals surface area contributed by atoms with Gasteiger partial charge in [-0.2, -0.15) is 0 Å². The van der Waals surface area contributed by atoms with Gasteiger partial charge in [-0.1, -0.05) is 6.92 Å². The zero-order valence-corrected chi connectivity index (χ0v) is 10.7. The molecule has 1 fully saturated rings. The third kappa shape index (κ3) is 3.27. The van der Waals surface area contributed by atoms with Gasteiger partial charge in [0.1, 0.15) is 11.6 Å². The Kier molecular flexibility index (Phi) is 4.30. The lowest BCUT2D eigenvalue weighted by molar-refractivity contribution is 0.0363. The molecule has 0 spiro atoms. The third-order valence-electron chi connectivity index (χ3n) is 3.49. The van der Waals surface area contributed by atoms with E-state index >= 15 is 0 Å². The lowest BCUT2D eigenvalue weighted by Gasteiger charge is -2.32. The maximum Gasteiger partial charge on any atom is 0.126 e. The largest absolute Gasteiger partial charge is 0.381 e. The van der Waals surface area contributed by atoms with E-state index in [1.54, 1.807) is 0 Å². The molecule has 3 unspecified atom stereocenters. The van der Waals surface area contributed by atoms with Gasteiger partial charge >= 0.3 is 0 Å². The minimum Gasteiger partial charge on any atom is -0.381 e. The molecule has 18 heavy (non-hydrogen) atoms. The smallest absolute Gasteiger partial charge is 0.126 e. The zero-order chi connectivity index (χ0) is 13.1. The first-order chi connectivity index (χ1) is 8.56. The van der Waals surface area contributed by atoms with Crippen LogP contribution in [0.4, 0.5) is 8.78 Å². The summed E-state index contributed by atoms with van der Waals surface area (Å²) >= 11 is 0. The van der Waals surface area contributed by atoms with Crippen LogP contribution in [0.2, 0.25) is 0 Å². The molecule has 1 heterocycles. The molecule has 100 valence electrons. The van der Waals surface area contributed by atoms with Gasteiger partial charge in [0, 0.05) is 24.8 Å². The van der Waals surface area contributed by atoms with Crippen LogP contribution < -0.4 is 5.32 Å². The monoisotopic (exact) mass is 255 g/mol. The molecule has 1 N–H and O–H groups in total. The predicted octanol–water partition coefficient (Wildman–Crippen LogP) is 3.04. The molecule has 4 heteroatoms. The Morgan fingerprint density at radius 2 is 1.94 bits per heavy atom. The van der Waals surface area contributed by atoms with Crippen LogP contribution in [0, 0.1) is 17.6 Å². The van der Waals surface area contributed by atoms with Gasteiger partial charge in [0.2, 0.25) is 0 Å². The van der Waals surface area contributed by atoms with Crippen LogP contribution in [0.3, 0.4) is 0 Å². The van der Waals surface area contributed by atoms with Crippen molar-refractivity contribution in [1.82, 2.24) is 5.32 Å². The Labute approximate surface area is 106 Å². The van der Waals surface area contributed by atoms with Gasteiger partial charge in [-0.05, 0) is 37.0 Å². The van der Waals surface area contributed by atoms with E-state index in [-0.39, 0.29) is 6.04 Å². The van der Waals surface area contributed by atoms with Crippen molar-refractivity contribution in [3.63, 3.8) is 0 Å². The minimum atomic E-state index is -0.529. The standard InChI is InChI=1S/C14H19F2NO/c1-9-8-18-4-3-14(9)17-10(2)11-5-12(15)7-13(16)6-11/h5-7,9-10,14,17H,3-4,8H2,1-2H3. The van der Waals surface area contributed by atoms with Crippen LogP contribution in [0.25, 0.3) is 0 Å². The van der Waals surface area contributed by atoms with Crippen LogP contribution in [0.1, 0.15) is 31.9 Å². The van der Waals surface area contributed by atoms with Gasteiger partial charge in [-0.15, -0.1) is 0 Å². The maximum absolute atomic E-state index is 13.2. The Morgan fingerprint density at radius 1 is 1.28 bits per heavy atom. The zero-order valence-electron chi connectivity index (χ0n) is 10.7. The van der Waals surface area contributed by atoms with E-state index in [0.29, 0.717) is 17.5 Å². The first-order valence-corrected chi connectivity index (χ1v) is 6.36. The van der Waals surface area contributed by atoms with Gasteiger partial charge < -0.3 is 10.1 Å². The summed E-state index contributed by atoms with van der Waals surface area (Å²) in [5.41, 5.74) is 0.645. The number of halogens is 2. The van der Waals surface area contributed by atoms with Crippen molar-refractivity contribution >= 4 is 0 Å². The van der Waals surface area contributed by atoms with Crippen LogP contribution in [-0.4, -0.2) is 19.3 Å². The SMILES string of the molecule is CC(NC1CCOCC1C)c1cc(F)cc(F)c1. The predicted molar refractivity (Wildman–Crippen MR) is 66.3 cm³/mol. The summed E-state index contributed by atoms with van der Waals surface area (Å²) in [6.07, 6.45) is 0.934. The minimum absolute atomic E-state index is 0.0688. The van der Waals surface area contributed by atoms with E-state index < -0.39 is 11.6 Å². The van der Waals surface area contributed by atoms with Crippen molar-refractivity contribution in [2.24, 2.45) is 5.92 Å². The first kappa shape index (κ1) is 13.4. The summed E-state index contributed by atoms with van der Waals surface area (Å²) < 4.78 is 31.7. The van der Waals surface area contributed by atoms with Gasteiger partial charge in [-0.3, -0.25) is 0 Å². The molecule has 0 saturated carbocycles. The molecule has 0 radical (unpaired) electrons. The molecule has 0 bridgehead atoms. The van der Waals surface area contributed by atoms with Crippen LogP contribution in [-0.2, 0) is 4.74 Å². The molecule has 1 aliphatic heterocycles. The molecule has 2 rings (SSSR count). The number of hydrogen-bond acceptors (Lipinski definition) is 2. The fourth-order valence-corrected chi connectivity index (χ4v) is 2.37. The lowest BCUT2D eigenvalue weighted by Crippen LogP contribution is -2.42. The average molecular weight is 255 g/mol. The van der Waals surface area contributed by atoms with Gasteiger partial charge in [0.15, 0.2) is 0 Å². The molecule has 3 atom stereocenters. The molecule has 1 aliphatic rings. The highest BCUT2D eigenvalue weighted by Crippen LogP contribution is 2.21. The number of ether oxygens (including phenoxy) is 1. The first-order valence-electron chi connectivity index (χ1n) is 6.36. The van der Waals surface area contributed by atoms with E-state index in [1.807, 2.05) is 6.92 Å². The topological polar surface area (TPSA) is 21.3 Å². The molecule has 1 saturated heterocycles. The van der Waals surface area contributed by atoms with E-state index in [4.69, 9.17) is 4.74 Å². The molecule has 0 aromatic heterocycles. The van der Waals surface area contributed by atoms with E-state index in [2.05, 4.69) is 12.2 Å². The van der Waals surface area contributed by atoms with Crippen LogP contribution in [0.15, 0.2) is 18.2 Å². The number of benzene rings is 1. The molecule has 1 aromatic rings. The summed E-state index contributed by atoms with van der Waals surface area (Å²) in [6, 6.07) is 3.92. The van der Waals surface area contributed by atoms with Crippen molar-refractivity contribution in [1.29, 1.82) is 0 Å². The number of rotatable bonds is 3. The summed E-state index contributed by atoms with van der Waals surface area (Å²) in [4.78, 5) is 0. The Balaban J connectivity index is 2.04. The van der Waals surface area contributed by atoms with Crippen molar-refractivity contribution in [3.05, 3.63) is 35.4 Å². The molecule has 1 aromatic carbocycles. The average Bonchev–Trinajstić information content (AvgIpc) is 2.31. The number of nitrogens with one attached hydrogen (secondary N) is 1.